The zero-order valence-electron chi connectivity index (χ0n) is 19.4. The minimum Gasteiger partial charge on any atom is -0.497 e. The summed E-state index contributed by atoms with van der Waals surface area (Å²) in [5.41, 5.74) is 1.91. The molecule has 1 heterocycles. The van der Waals surface area contributed by atoms with Crippen LogP contribution in [0.3, 0.4) is 0 Å². The topological polar surface area (TPSA) is 75.0 Å². The Balaban J connectivity index is 1.74. The molecule has 0 aliphatic carbocycles. The average molecular weight is 438 g/mol. The van der Waals surface area contributed by atoms with Crippen LogP contribution in [0.15, 0.2) is 42.5 Å². The molecular weight excluding hydrogens is 406 g/mol. The normalized spacial score (nSPS) is 16.3. The number of piperazine rings is 1. The van der Waals surface area contributed by atoms with E-state index in [-0.39, 0.29) is 12.1 Å². The van der Waals surface area contributed by atoms with Gasteiger partial charge in [-0.15, -0.1) is 0 Å². The van der Waals surface area contributed by atoms with E-state index < -0.39 is 5.60 Å². The predicted octanol–water partition coefficient (Wildman–Crippen LogP) is 4.59. The maximum atomic E-state index is 12.5. The number of nitriles is 1. The third-order valence-electron chi connectivity index (χ3n) is 5.23. The molecule has 3 rings (SSSR count). The Morgan fingerprint density at radius 1 is 1.16 bits per heavy atom. The summed E-state index contributed by atoms with van der Waals surface area (Å²) < 4.78 is 16.9. The lowest BCUT2D eigenvalue weighted by Gasteiger charge is -2.41. The molecule has 1 aliphatic heterocycles. The van der Waals surface area contributed by atoms with Gasteiger partial charge in [-0.05, 0) is 63.6 Å². The number of methoxy groups -OCH3 is 1. The molecule has 0 N–H and O–H groups in total. The molecule has 0 radical (unpaired) electrons. The van der Waals surface area contributed by atoms with Crippen LogP contribution in [0.5, 0.6) is 11.5 Å². The minimum atomic E-state index is -0.527. The molecule has 1 saturated heterocycles. The Kier molecular flexibility index (Phi) is 7.14. The highest BCUT2D eigenvalue weighted by atomic mass is 16.6. The second kappa shape index (κ2) is 9.82. The number of carbonyl (C=O) groups excluding carboxylic acids is 1. The van der Waals surface area contributed by atoms with E-state index in [0.717, 1.165) is 17.0 Å². The van der Waals surface area contributed by atoms with Gasteiger partial charge >= 0.3 is 6.09 Å². The van der Waals surface area contributed by atoms with E-state index in [4.69, 9.17) is 14.2 Å². The van der Waals surface area contributed by atoms with Crippen LogP contribution in [-0.4, -0.2) is 49.4 Å². The fourth-order valence-electron chi connectivity index (χ4n) is 3.62. The Hall–Kier alpha value is -3.40. The molecule has 32 heavy (non-hydrogen) atoms. The molecule has 1 fully saturated rings. The summed E-state index contributed by atoms with van der Waals surface area (Å²) in [6, 6.07) is 15.4. The average Bonchev–Trinajstić information content (AvgIpc) is 2.76. The first-order valence-electron chi connectivity index (χ1n) is 10.7. The van der Waals surface area contributed by atoms with Crippen molar-refractivity contribution < 1.29 is 19.0 Å². The third-order valence-corrected chi connectivity index (χ3v) is 5.23. The maximum absolute atomic E-state index is 12.5. The second-order valence-electron chi connectivity index (χ2n) is 8.90. The lowest BCUT2D eigenvalue weighted by atomic mass is 10.1. The molecule has 2 aromatic rings. The van der Waals surface area contributed by atoms with Gasteiger partial charge < -0.3 is 24.0 Å². The van der Waals surface area contributed by atoms with Gasteiger partial charge in [0.25, 0.3) is 0 Å². The third kappa shape index (κ3) is 5.85. The van der Waals surface area contributed by atoms with Crippen molar-refractivity contribution in [2.75, 3.05) is 31.6 Å². The van der Waals surface area contributed by atoms with Crippen LogP contribution in [0, 0.1) is 11.3 Å². The standard InChI is InChI=1S/C25H31N3O4/c1-18-16-27(24(29)32-25(2,3)4)12-13-28(18)22-14-20(15-26)8-11-23(22)31-17-19-6-9-21(30-5)10-7-19/h6-11,14,18H,12-13,16-17H2,1-5H3/t18-/m0/s1. The number of hydrogen-bond acceptors (Lipinski definition) is 6. The molecule has 1 amide bonds. The molecule has 7 heteroatoms. The summed E-state index contributed by atoms with van der Waals surface area (Å²) in [6.07, 6.45) is -0.300. The Labute approximate surface area is 190 Å². The Bertz CT molecular complexity index is 976. The van der Waals surface area contributed by atoms with Gasteiger partial charge in [0.05, 0.1) is 24.4 Å². The van der Waals surface area contributed by atoms with Crippen molar-refractivity contribution in [3.63, 3.8) is 0 Å². The first kappa shape index (κ1) is 23.3. The number of anilines is 1. The highest BCUT2D eigenvalue weighted by molar-refractivity contribution is 5.69. The van der Waals surface area contributed by atoms with Crippen LogP contribution in [-0.2, 0) is 11.3 Å². The number of rotatable bonds is 5. The van der Waals surface area contributed by atoms with Gasteiger partial charge in [0.2, 0.25) is 0 Å². The molecule has 0 spiro atoms. The van der Waals surface area contributed by atoms with Gasteiger partial charge in [-0.25, -0.2) is 4.79 Å². The van der Waals surface area contributed by atoms with E-state index in [2.05, 4.69) is 17.9 Å². The van der Waals surface area contributed by atoms with Gasteiger partial charge in [0, 0.05) is 25.7 Å². The first-order valence-corrected chi connectivity index (χ1v) is 10.7. The van der Waals surface area contributed by atoms with Crippen LogP contribution in [0.2, 0.25) is 0 Å². The van der Waals surface area contributed by atoms with Crippen LogP contribution in [0.4, 0.5) is 10.5 Å². The largest absolute Gasteiger partial charge is 0.497 e. The quantitative estimate of drug-likeness (QED) is 0.681. The summed E-state index contributed by atoms with van der Waals surface area (Å²) in [6.45, 7) is 9.74. The van der Waals surface area contributed by atoms with Gasteiger partial charge in [0.1, 0.15) is 23.7 Å². The fourth-order valence-corrected chi connectivity index (χ4v) is 3.62. The molecule has 2 aromatic carbocycles. The SMILES string of the molecule is COc1ccc(COc2ccc(C#N)cc2N2CCN(C(=O)OC(C)(C)C)C[C@@H]2C)cc1. The van der Waals surface area contributed by atoms with Gasteiger partial charge in [0.15, 0.2) is 0 Å². The number of carbonyl (C=O) groups is 1. The molecule has 7 nitrogen and oxygen atoms in total. The van der Waals surface area contributed by atoms with Crippen LogP contribution in [0.1, 0.15) is 38.8 Å². The van der Waals surface area contributed by atoms with Gasteiger partial charge in [-0.2, -0.15) is 5.26 Å². The highest BCUT2D eigenvalue weighted by Gasteiger charge is 2.31. The van der Waals surface area contributed by atoms with Crippen molar-refractivity contribution in [1.29, 1.82) is 5.26 Å². The maximum Gasteiger partial charge on any atom is 0.410 e. The van der Waals surface area contributed by atoms with Crippen molar-refractivity contribution in [1.82, 2.24) is 4.90 Å². The van der Waals surface area contributed by atoms with Crippen molar-refractivity contribution in [2.45, 2.75) is 45.9 Å². The van der Waals surface area contributed by atoms with Gasteiger partial charge in [-0.3, -0.25) is 0 Å². The van der Waals surface area contributed by atoms with Crippen LogP contribution in [0.25, 0.3) is 0 Å². The summed E-state index contributed by atoms with van der Waals surface area (Å²) in [4.78, 5) is 16.4. The van der Waals surface area contributed by atoms with E-state index in [0.29, 0.717) is 37.6 Å². The molecule has 0 aromatic heterocycles. The smallest absolute Gasteiger partial charge is 0.410 e. The molecule has 1 aliphatic rings. The van der Waals surface area contributed by atoms with Crippen LogP contribution < -0.4 is 14.4 Å². The summed E-state index contributed by atoms with van der Waals surface area (Å²) >= 11 is 0. The van der Waals surface area contributed by atoms with E-state index in [1.165, 1.54) is 0 Å². The number of nitrogens with zero attached hydrogens (tertiary/aromatic N) is 3. The summed E-state index contributed by atoms with van der Waals surface area (Å²) in [7, 11) is 1.64. The Morgan fingerprint density at radius 2 is 1.88 bits per heavy atom. The van der Waals surface area contributed by atoms with Crippen molar-refractivity contribution in [3.8, 4) is 17.6 Å². The minimum absolute atomic E-state index is 0.0357. The summed E-state index contributed by atoms with van der Waals surface area (Å²) in [5, 5.41) is 9.41. The molecule has 1 atom stereocenters. The van der Waals surface area contributed by atoms with Crippen molar-refractivity contribution in [3.05, 3.63) is 53.6 Å². The first-order chi connectivity index (χ1) is 15.2. The van der Waals surface area contributed by atoms with Crippen molar-refractivity contribution in [2.24, 2.45) is 0 Å². The van der Waals surface area contributed by atoms with E-state index >= 15 is 0 Å². The Morgan fingerprint density at radius 3 is 2.47 bits per heavy atom. The molecule has 0 bridgehead atoms. The predicted molar refractivity (Wildman–Crippen MR) is 123 cm³/mol. The number of benzene rings is 2. The number of ether oxygens (including phenoxy) is 3. The van der Waals surface area contributed by atoms with Gasteiger partial charge in [-0.1, -0.05) is 12.1 Å². The lowest BCUT2D eigenvalue weighted by molar-refractivity contribution is 0.0218. The van der Waals surface area contributed by atoms with Crippen molar-refractivity contribution >= 4 is 11.8 Å². The van der Waals surface area contributed by atoms with E-state index in [1.807, 2.05) is 57.2 Å². The molecule has 0 saturated carbocycles. The molecule has 170 valence electrons. The van der Waals surface area contributed by atoms with Crippen LogP contribution >= 0.6 is 0 Å². The number of hydrogen-bond donors (Lipinski definition) is 0. The highest BCUT2D eigenvalue weighted by Crippen LogP contribution is 2.33. The zero-order valence-corrected chi connectivity index (χ0v) is 19.4. The number of amides is 1. The monoisotopic (exact) mass is 437 g/mol. The molecule has 0 unspecified atom stereocenters. The second-order valence-corrected chi connectivity index (χ2v) is 8.90. The lowest BCUT2D eigenvalue weighted by Crippen LogP contribution is -2.54. The van der Waals surface area contributed by atoms with E-state index in [9.17, 15) is 10.1 Å². The summed E-state index contributed by atoms with van der Waals surface area (Å²) in [5.74, 6) is 1.50. The van der Waals surface area contributed by atoms with E-state index in [1.54, 1.807) is 18.1 Å². The molecular formula is C25H31N3O4. The zero-order chi connectivity index (χ0) is 23.3. The fraction of sp³-hybridized carbons (Fsp3) is 0.440.